The average molecular weight is 221 g/mol. The maximum atomic E-state index is 6.22. The first-order chi connectivity index (χ1) is 7.76. The predicted molar refractivity (Wildman–Crippen MR) is 63.8 cm³/mol. The van der Waals surface area contributed by atoms with Crippen molar-refractivity contribution in [1.29, 1.82) is 0 Å². The van der Waals surface area contributed by atoms with Gasteiger partial charge in [-0.1, -0.05) is 12.5 Å². The van der Waals surface area contributed by atoms with E-state index in [-0.39, 0.29) is 6.04 Å². The third kappa shape index (κ3) is 2.00. The number of rotatable bonds is 4. The van der Waals surface area contributed by atoms with Gasteiger partial charge >= 0.3 is 0 Å². The normalized spacial score (nSPS) is 17.7. The van der Waals surface area contributed by atoms with Crippen LogP contribution in [0.5, 0.6) is 11.5 Å². The van der Waals surface area contributed by atoms with Gasteiger partial charge in [-0.15, -0.1) is 0 Å². The van der Waals surface area contributed by atoms with Crippen LogP contribution in [-0.2, 0) is 0 Å². The molecule has 1 atom stereocenters. The predicted octanol–water partition coefficient (Wildman–Crippen LogP) is 2.50. The molecule has 1 fully saturated rings. The summed E-state index contributed by atoms with van der Waals surface area (Å²) in [7, 11) is 3.29. The molecule has 0 aliphatic heterocycles. The molecular weight excluding hydrogens is 202 g/mol. The molecule has 0 unspecified atom stereocenters. The monoisotopic (exact) mass is 221 g/mol. The number of ether oxygens (including phenoxy) is 2. The summed E-state index contributed by atoms with van der Waals surface area (Å²) in [6.45, 7) is 0. The fraction of sp³-hybridized carbons (Fsp3) is 0.538. The maximum absolute atomic E-state index is 6.22. The van der Waals surface area contributed by atoms with E-state index in [9.17, 15) is 0 Å². The van der Waals surface area contributed by atoms with Gasteiger partial charge < -0.3 is 15.2 Å². The summed E-state index contributed by atoms with van der Waals surface area (Å²) in [5, 5.41) is 0. The van der Waals surface area contributed by atoms with Crippen LogP contribution in [-0.4, -0.2) is 14.2 Å². The van der Waals surface area contributed by atoms with Crippen molar-refractivity contribution in [2.75, 3.05) is 14.2 Å². The van der Waals surface area contributed by atoms with Crippen molar-refractivity contribution in [1.82, 2.24) is 0 Å². The van der Waals surface area contributed by atoms with Crippen LogP contribution >= 0.6 is 0 Å². The highest BCUT2D eigenvalue weighted by Gasteiger charge is 2.26. The van der Waals surface area contributed by atoms with Gasteiger partial charge in [0.05, 0.1) is 14.2 Å². The van der Waals surface area contributed by atoms with Gasteiger partial charge in [0.1, 0.15) is 0 Å². The Morgan fingerprint density at radius 3 is 2.38 bits per heavy atom. The molecule has 0 aromatic heterocycles. The second-order valence-electron chi connectivity index (χ2n) is 4.33. The molecule has 3 heteroatoms. The fourth-order valence-electron chi connectivity index (χ4n) is 2.13. The Hall–Kier alpha value is -1.22. The summed E-state index contributed by atoms with van der Waals surface area (Å²) in [5.74, 6) is 2.15. The first-order valence-electron chi connectivity index (χ1n) is 5.73. The summed E-state index contributed by atoms with van der Waals surface area (Å²) in [6, 6.07) is 6.08. The number of hydrogen-bond acceptors (Lipinski definition) is 3. The minimum absolute atomic E-state index is 0.133. The van der Waals surface area contributed by atoms with Gasteiger partial charge in [-0.3, -0.25) is 0 Å². The largest absolute Gasteiger partial charge is 0.493 e. The van der Waals surface area contributed by atoms with Crippen molar-refractivity contribution in [3.05, 3.63) is 23.8 Å². The molecule has 1 aliphatic carbocycles. The maximum Gasteiger partial charge on any atom is 0.161 e. The molecule has 1 aromatic carbocycles. The van der Waals surface area contributed by atoms with Gasteiger partial charge in [0, 0.05) is 6.04 Å². The molecule has 2 N–H and O–H groups in total. The summed E-state index contributed by atoms with van der Waals surface area (Å²) in [6.07, 6.45) is 3.80. The van der Waals surface area contributed by atoms with Crippen molar-refractivity contribution in [3.63, 3.8) is 0 Å². The van der Waals surface area contributed by atoms with Crippen molar-refractivity contribution in [2.45, 2.75) is 25.3 Å². The first-order valence-corrected chi connectivity index (χ1v) is 5.73. The summed E-state index contributed by atoms with van der Waals surface area (Å²) < 4.78 is 10.5. The van der Waals surface area contributed by atoms with E-state index in [1.54, 1.807) is 14.2 Å². The zero-order chi connectivity index (χ0) is 11.5. The third-order valence-corrected chi connectivity index (χ3v) is 3.45. The number of hydrogen-bond donors (Lipinski definition) is 1. The molecule has 1 aliphatic rings. The van der Waals surface area contributed by atoms with Gasteiger partial charge in [0.2, 0.25) is 0 Å². The number of nitrogens with two attached hydrogens (primary N) is 1. The first kappa shape index (κ1) is 11.3. The van der Waals surface area contributed by atoms with Crippen LogP contribution in [0.25, 0.3) is 0 Å². The number of benzene rings is 1. The Labute approximate surface area is 96.5 Å². The van der Waals surface area contributed by atoms with Gasteiger partial charge in [0.25, 0.3) is 0 Å². The van der Waals surface area contributed by atoms with E-state index in [4.69, 9.17) is 15.2 Å². The van der Waals surface area contributed by atoms with Crippen molar-refractivity contribution >= 4 is 0 Å². The van der Waals surface area contributed by atoms with E-state index in [1.807, 2.05) is 18.2 Å². The fourth-order valence-corrected chi connectivity index (χ4v) is 2.13. The SMILES string of the molecule is COc1ccc([C@@H](N)C2CCC2)cc1OC. The zero-order valence-corrected chi connectivity index (χ0v) is 9.90. The molecular formula is C13H19NO2. The molecule has 1 aromatic rings. The second-order valence-corrected chi connectivity index (χ2v) is 4.33. The van der Waals surface area contributed by atoms with Crippen LogP contribution in [0.2, 0.25) is 0 Å². The molecule has 3 nitrogen and oxygen atoms in total. The molecule has 1 saturated carbocycles. The minimum atomic E-state index is 0.133. The summed E-state index contributed by atoms with van der Waals surface area (Å²) in [4.78, 5) is 0. The molecule has 16 heavy (non-hydrogen) atoms. The molecule has 0 saturated heterocycles. The molecule has 0 amide bonds. The Balaban J connectivity index is 2.20. The van der Waals surface area contributed by atoms with Gasteiger partial charge in [-0.05, 0) is 36.5 Å². The van der Waals surface area contributed by atoms with Crippen LogP contribution in [0.4, 0.5) is 0 Å². The van der Waals surface area contributed by atoms with E-state index in [2.05, 4.69) is 0 Å². The van der Waals surface area contributed by atoms with Crippen LogP contribution in [0.1, 0.15) is 30.9 Å². The van der Waals surface area contributed by atoms with Gasteiger partial charge in [0.15, 0.2) is 11.5 Å². The molecule has 88 valence electrons. The standard InChI is InChI=1S/C13H19NO2/c1-15-11-7-6-10(8-12(11)16-2)13(14)9-4-3-5-9/h6-9,13H,3-5,14H2,1-2H3/t13-/m0/s1. The summed E-state index contributed by atoms with van der Waals surface area (Å²) >= 11 is 0. The molecule has 0 heterocycles. The van der Waals surface area contributed by atoms with Crippen LogP contribution in [0.3, 0.4) is 0 Å². The summed E-state index contributed by atoms with van der Waals surface area (Å²) in [5.41, 5.74) is 7.36. The lowest BCUT2D eigenvalue weighted by atomic mass is 9.77. The Bertz CT molecular complexity index is 361. The smallest absolute Gasteiger partial charge is 0.161 e. The molecule has 0 bridgehead atoms. The quantitative estimate of drug-likeness (QED) is 0.849. The third-order valence-electron chi connectivity index (χ3n) is 3.45. The highest BCUT2D eigenvalue weighted by molar-refractivity contribution is 5.43. The van der Waals surface area contributed by atoms with Crippen LogP contribution in [0.15, 0.2) is 18.2 Å². The average Bonchev–Trinajstić information content (AvgIpc) is 2.25. The highest BCUT2D eigenvalue weighted by atomic mass is 16.5. The van der Waals surface area contributed by atoms with E-state index < -0.39 is 0 Å². The second kappa shape index (κ2) is 4.74. The number of methoxy groups -OCH3 is 2. The van der Waals surface area contributed by atoms with E-state index >= 15 is 0 Å². The van der Waals surface area contributed by atoms with Crippen molar-refractivity contribution in [3.8, 4) is 11.5 Å². The van der Waals surface area contributed by atoms with E-state index in [1.165, 1.54) is 19.3 Å². The Kier molecular flexibility index (Phi) is 3.34. The molecule has 0 radical (unpaired) electrons. The highest BCUT2D eigenvalue weighted by Crippen LogP contribution is 2.38. The molecule has 2 rings (SSSR count). The van der Waals surface area contributed by atoms with Gasteiger partial charge in [-0.25, -0.2) is 0 Å². The van der Waals surface area contributed by atoms with E-state index in [0.717, 1.165) is 17.1 Å². The Morgan fingerprint density at radius 2 is 1.88 bits per heavy atom. The zero-order valence-electron chi connectivity index (χ0n) is 9.90. The van der Waals surface area contributed by atoms with Crippen LogP contribution < -0.4 is 15.2 Å². The molecule has 0 spiro atoms. The topological polar surface area (TPSA) is 44.5 Å². The van der Waals surface area contributed by atoms with Crippen molar-refractivity contribution in [2.24, 2.45) is 11.7 Å². The lowest BCUT2D eigenvalue weighted by Crippen LogP contribution is -2.26. The van der Waals surface area contributed by atoms with Gasteiger partial charge in [-0.2, -0.15) is 0 Å². The van der Waals surface area contributed by atoms with Crippen molar-refractivity contribution < 1.29 is 9.47 Å². The lowest BCUT2D eigenvalue weighted by molar-refractivity contribution is 0.263. The lowest BCUT2D eigenvalue weighted by Gasteiger charge is -2.31. The minimum Gasteiger partial charge on any atom is -0.493 e. The van der Waals surface area contributed by atoms with Crippen LogP contribution in [0, 0.1) is 5.92 Å². The van der Waals surface area contributed by atoms with E-state index in [0.29, 0.717) is 5.92 Å². The Morgan fingerprint density at radius 1 is 1.19 bits per heavy atom.